The van der Waals surface area contributed by atoms with Crippen LogP contribution in [-0.2, 0) is 0 Å². The van der Waals surface area contributed by atoms with Crippen molar-refractivity contribution >= 4 is 23.3 Å². The van der Waals surface area contributed by atoms with E-state index in [1.807, 2.05) is 31.2 Å². The van der Waals surface area contributed by atoms with Crippen molar-refractivity contribution in [3.63, 3.8) is 0 Å². The third-order valence-electron chi connectivity index (χ3n) is 5.27. The van der Waals surface area contributed by atoms with Gasteiger partial charge in [-0.25, -0.2) is 4.79 Å². The molecule has 0 saturated carbocycles. The first-order valence-electron chi connectivity index (χ1n) is 8.12. The molecule has 0 fully saturated rings. The molecule has 4 heteroatoms. The predicted molar refractivity (Wildman–Crippen MR) is 95.9 cm³/mol. The highest BCUT2D eigenvalue weighted by atomic mass is 35.5. The second-order valence-corrected chi connectivity index (χ2v) is 6.91. The number of hydrogen-bond donors (Lipinski definition) is 2. The van der Waals surface area contributed by atoms with Crippen molar-refractivity contribution in [2.45, 2.75) is 25.3 Å². The van der Waals surface area contributed by atoms with E-state index in [1.165, 1.54) is 5.56 Å². The predicted octanol–water partition coefficient (Wildman–Crippen LogP) is 5.17. The highest BCUT2D eigenvalue weighted by Crippen LogP contribution is 2.51. The average Bonchev–Trinajstić information content (AvgIpc) is 3.05. The number of halogens is 1. The van der Waals surface area contributed by atoms with E-state index in [9.17, 15) is 9.90 Å². The Morgan fingerprint density at radius 1 is 1.21 bits per heavy atom. The molecule has 3 nitrogen and oxygen atoms in total. The number of benzene rings is 2. The summed E-state index contributed by atoms with van der Waals surface area (Å²) in [6.07, 6.45) is 5.46. The van der Waals surface area contributed by atoms with E-state index in [1.54, 1.807) is 6.07 Å². The van der Waals surface area contributed by atoms with Crippen LogP contribution in [0.4, 0.5) is 5.69 Å². The molecule has 2 N–H and O–H groups in total. The molecule has 0 spiro atoms. The summed E-state index contributed by atoms with van der Waals surface area (Å²) >= 11 is 6.44. The van der Waals surface area contributed by atoms with Crippen LogP contribution < -0.4 is 5.32 Å². The smallest absolute Gasteiger partial charge is 0.336 e. The second kappa shape index (κ2) is 5.67. The lowest BCUT2D eigenvalue weighted by Crippen LogP contribution is -2.30. The number of rotatable bonds is 2. The zero-order valence-electron chi connectivity index (χ0n) is 13.3. The van der Waals surface area contributed by atoms with Gasteiger partial charge >= 0.3 is 5.97 Å². The Kier molecular flexibility index (Phi) is 3.61. The van der Waals surface area contributed by atoms with Gasteiger partial charge in [-0.15, -0.1) is 0 Å². The van der Waals surface area contributed by atoms with Gasteiger partial charge in [0.2, 0.25) is 0 Å². The lowest BCUT2D eigenvalue weighted by atomic mass is 9.76. The van der Waals surface area contributed by atoms with Crippen molar-refractivity contribution < 1.29 is 9.90 Å². The summed E-state index contributed by atoms with van der Waals surface area (Å²) < 4.78 is 0. The third-order valence-corrected chi connectivity index (χ3v) is 5.61. The fourth-order valence-electron chi connectivity index (χ4n) is 4.08. The van der Waals surface area contributed by atoms with E-state index in [0.29, 0.717) is 17.4 Å². The topological polar surface area (TPSA) is 49.3 Å². The van der Waals surface area contributed by atoms with Gasteiger partial charge in [0, 0.05) is 16.6 Å². The summed E-state index contributed by atoms with van der Waals surface area (Å²) in [7, 11) is 0. The standard InChI is InChI=1S/C20H18ClNO2/c1-11-12(20(23)24)9-10-15-13-6-4-7-14(13)19(22-18(11)15)16-5-2-3-8-17(16)21/h2-6,8-10,13-14,19,22H,7H2,1H3,(H,23,24)/t13?,14?,19-/m0/s1. The van der Waals surface area contributed by atoms with E-state index in [2.05, 4.69) is 23.5 Å². The van der Waals surface area contributed by atoms with Gasteiger partial charge in [0.05, 0.1) is 11.6 Å². The number of aromatic carboxylic acids is 1. The summed E-state index contributed by atoms with van der Waals surface area (Å²) in [5, 5.41) is 13.8. The molecule has 0 amide bonds. The average molecular weight is 340 g/mol. The molecule has 0 radical (unpaired) electrons. The number of carboxylic acids is 1. The minimum absolute atomic E-state index is 0.0777. The van der Waals surface area contributed by atoms with Crippen LogP contribution in [0, 0.1) is 12.8 Å². The molecule has 1 aliphatic carbocycles. The number of carboxylic acid groups (broad SMARTS) is 1. The molecule has 0 saturated heterocycles. The molecule has 1 heterocycles. The van der Waals surface area contributed by atoms with Crippen LogP contribution in [0.2, 0.25) is 5.02 Å². The van der Waals surface area contributed by atoms with E-state index in [0.717, 1.165) is 28.3 Å². The molecule has 24 heavy (non-hydrogen) atoms. The maximum absolute atomic E-state index is 11.5. The second-order valence-electron chi connectivity index (χ2n) is 6.50. The van der Waals surface area contributed by atoms with Crippen molar-refractivity contribution in [3.8, 4) is 0 Å². The van der Waals surface area contributed by atoms with Crippen molar-refractivity contribution in [3.05, 3.63) is 75.8 Å². The monoisotopic (exact) mass is 339 g/mol. The first kappa shape index (κ1) is 15.3. The molecule has 0 aromatic heterocycles. The van der Waals surface area contributed by atoms with E-state index in [4.69, 9.17) is 11.6 Å². The Balaban J connectivity index is 1.87. The Hall–Kier alpha value is -2.26. The Morgan fingerprint density at radius 3 is 2.75 bits per heavy atom. The van der Waals surface area contributed by atoms with E-state index in [-0.39, 0.29) is 6.04 Å². The molecule has 2 aromatic rings. The molecule has 2 aromatic carbocycles. The van der Waals surface area contributed by atoms with Gasteiger partial charge in [0.25, 0.3) is 0 Å². The van der Waals surface area contributed by atoms with Crippen LogP contribution in [0.15, 0.2) is 48.6 Å². The number of allylic oxidation sites excluding steroid dienone is 2. The van der Waals surface area contributed by atoms with Crippen LogP contribution >= 0.6 is 11.6 Å². The Labute approximate surface area is 146 Å². The van der Waals surface area contributed by atoms with Crippen molar-refractivity contribution in [1.29, 1.82) is 0 Å². The van der Waals surface area contributed by atoms with Crippen molar-refractivity contribution in [2.75, 3.05) is 5.32 Å². The van der Waals surface area contributed by atoms with Gasteiger partial charge in [0.1, 0.15) is 0 Å². The number of fused-ring (bicyclic) bond motifs is 3. The Bertz CT molecular complexity index is 859. The minimum atomic E-state index is -0.893. The lowest BCUT2D eigenvalue weighted by molar-refractivity contribution is 0.0696. The first-order chi connectivity index (χ1) is 11.6. The van der Waals surface area contributed by atoms with Gasteiger partial charge in [-0.2, -0.15) is 0 Å². The van der Waals surface area contributed by atoms with Gasteiger partial charge in [-0.05, 0) is 48.1 Å². The molecule has 4 rings (SSSR count). The van der Waals surface area contributed by atoms with Gasteiger partial charge in [-0.3, -0.25) is 0 Å². The van der Waals surface area contributed by atoms with Gasteiger partial charge < -0.3 is 10.4 Å². The maximum atomic E-state index is 11.5. The minimum Gasteiger partial charge on any atom is -0.478 e. The summed E-state index contributed by atoms with van der Waals surface area (Å²) in [5.74, 6) is -0.202. The highest BCUT2D eigenvalue weighted by molar-refractivity contribution is 6.31. The molecule has 3 atom stereocenters. The number of nitrogens with one attached hydrogen (secondary N) is 1. The van der Waals surface area contributed by atoms with Crippen LogP contribution in [0.25, 0.3) is 0 Å². The number of carbonyl (C=O) groups is 1. The summed E-state index contributed by atoms with van der Waals surface area (Å²) in [5.41, 5.74) is 4.33. The number of hydrogen-bond acceptors (Lipinski definition) is 2. The molecule has 1 aliphatic heterocycles. The zero-order valence-corrected chi connectivity index (χ0v) is 14.0. The SMILES string of the molecule is Cc1c(C(=O)O)ccc2c1N[C@H](c1ccccc1Cl)C1CC=CC21. The largest absolute Gasteiger partial charge is 0.478 e. The van der Waals surface area contributed by atoms with Crippen molar-refractivity contribution in [1.82, 2.24) is 0 Å². The lowest BCUT2D eigenvalue weighted by Gasteiger charge is -2.39. The fraction of sp³-hybridized carbons (Fsp3) is 0.250. The van der Waals surface area contributed by atoms with Crippen LogP contribution in [0.3, 0.4) is 0 Å². The van der Waals surface area contributed by atoms with Gasteiger partial charge in [-0.1, -0.05) is 48.0 Å². The number of anilines is 1. The molecular weight excluding hydrogens is 322 g/mol. The molecule has 2 unspecified atom stereocenters. The summed E-state index contributed by atoms with van der Waals surface area (Å²) in [4.78, 5) is 11.5. The summed E-state index contributed by atoms with van der Waals surface area (Å²) in [6, 6.07) is 11.6. The molecule has 2 aliphatic rings. The van der Waals surface area contributed by atoms with Crippen LogP contribution in [0.1, 0.15) is 45.4 Å². The summed E-state index contributed by atoms with van der Waals surface area (Å²) in [6.45, 7) is 1.87. The van der Waals surface area contributed by atoms with Crippen LogP contribution in [0.5, 0.6) is 0 Å². The maximum Gasteiger partial charge on any atom is 0.336 e. The third kappa shape index (κ3) is 2.23. The van der Waals surface area contributed by atoms with Crippen LogP contribution in [-0.4, -0.2) is 11.1 Å². The zero-order chi connectivity index (χ0) is 16.8. The highest BCUT2D eigenvalue weighted by Gasteiger charge is 2.39. The van der Waals surface area contributed by atoms with E-state index < -0.39 is 5.97 Å². The molecule has 122 valence electrons. The Morgan fingerprint density at radius 2 is 2.00 bits per heavy atom. The first-order valence-corrected chi connectivity index (χ1v) is 8.50. The normalized spacial score (nSPS) is 24.2. The van der Waals surface area contributed by atoms with Gasteiger partial charge in [0.15, 0.2) is 0 Å². The van der Waals surface area contributed by atoms with Crippen molar-refractivity contribution in [2.24, 2.45) is 5.92 Å². The molecular formula is C20H18ClNO2. The quantitative estimate of drug-likeness (QED) is 0.742. The molecule has 0 bridgehead atoms. The van der Waals surface area contributed by atoms with E-state index >= 15 is 0 Å². The fourth-order valence-corrected chi connectivity index (χ4v) is 4.33.